The van der Waals surface area contributed by atoms with Gasteiger partial charge in [-0.05, 0) is 36.3 Å². The molecule has 2 aromatic carbocycles. The van der Waals surface area contributed by atoms with Gasteiger partial charge in [-0.25, -0.2) is 0 Å². The summed E-state index contributed by atoms with van der Waals surface area (Å²) in [5, 5.41) is 21.7. The van der Waals surface area contributed by atoms with Crippen molar-refractivity contribution in [2.45, 2.75) is 13.0 Å². The van der Waals surface area contributed by atoms with E-state index in [4.69, 9.17) is 4.74 Å². The first-order valence-corrected chi connectivity index (χ1v) is 7.39. The lowest BCUT2D eigenvalue weighted by Crippen LogP contribution is -2.27. The van der Waals surface area contributed by atoms with E-state index in [0.717, 1.165) is 5.56 Å². The van der Waals surface area contributed by atoms with Crippen LogP contribution in [0.15, 0.2) is 54.1 Å². The summed E-state index contributed by atoms with van der Waals surface area (Å²) in [5.74, 6) is -0.185. The van der Waals surface area contributed by atoms with E-state index >= 15 is 0 Å². The number of hydrogen-bond acceptors (Lipinski definition) is 4. The van der Waals surface area contributed by atoms with E-state index in [9.17, 15) is 15.2 Å². The van der Waals surface area contributed by atoms with Crippen LogP contribution >= 0.6 is 0 Å². The maximum Gasteiger partial charge on any atom is 0.262 e. The van der Waals surface area contributed by atoms with Crippen LogP contribution in [0.2, 0.25) is 0 Å². The van der Waals surface area contributed by atoms with Crippen molar-refractivity contribution in [3.05, 3.63) is 65.2 Å². The molecule has 0 heterocycles. The van der Waals surface area contributed by atoms with Crippen molar-refractivity contribution in [1.82, 2.24) is 5.32 Å². The van der Waals surface area contributed by atoms with E-state index in [1.54, 1.807) is 12.1 Å². The van der Waals surface area contributed by atoms with E-state index in [1.165, 1.54) is 19.3 Å². The molecule has 1 amide bonds. The number of nitrogens with zero attached hydrogens (tertiary/aromatic N) is 1. The molecule has 122 valence electrons. The van der Waals surface area contributed by atoms with Gasteiger partial charge < -0.3 is 15.2 Å². The molecule has 0 spiro atoms. The number of amides is 1. The summed E-state index contributed by atoms with van der Waals surface area (Å²) in [7, 11) is 1.43. The topological polar surface area (TPSA) is 82.3 Å². The van der Waals surface area contributed by atoms with Crippen molar-refractivity contribution in [3.8, 4) is 17.6 Å². The second-order valence-corrected chi connectivity index (χ2v) is 5.21. The highest BCUT2D eigenvalue weighted by Gasteiger charge is 2.14. The molecule has 0 aliphatic rings. The summed E-state index contributed by atoms with van der Waals surface area (Å²) >= 11 is 0. The Morgan fingerprint density at radius 2 is 2.00 bits per heavy atom. The molecule has 0 aliphatic carbocycles. The Labute approximate surface area is 140 Å². The van der Waals surface area contributed by atoms with Gasteiger partial charge in [-0.1, -0.05) is 36.4 Å². The zero-order valence-electron chi connectivity index (χ0n) is 13.5. The lowest BCUT2D eigenvalue weighted by atomic mass is 10.1. The van der Waals surface area contributed by atoms with Crippen LogP contribution in [-0.4, -0.2) is 18.1 Å². The molecule has 0 aromatic heterocycles. The summed E-state index contributed by atoms with van der Waals surface area (Å²) in [4.78, 5) is 12.3. The molecular formula is C19H18N2O3. The van der Waals surface area contributed by atoms with Crippen LogP contribution in [0.5, 0.6) is 11.5 Å². The number of methoxy groups -OCH3 is 1. The first-order chi connectivity index (χ1) is 11.5. The summed E-state index contributed by atoms with van der Waals surface area (Å²) in [5.41, 5.74) is 1.52. The van der Waals surface area contributed by atoms with Gasteiger partial charge in [-0.3, -0.25) is 4.79 Å². The average molecular weight is 322 g/mol. The third kappa shape index (κ3) is 4.14. The highest BCUT2D eigenvalue weighted by atomic mass is 16.5. The molecule has 2 rings (SSSR count). The maximum absolute atomic E-state index is 12.3. The molecule has 0 radical (unpaired) electrons. The molecule has 2 aromatic rings. The number of phenols is 1. The van der Waals surface area contributed by atoms with Crippen molar-refractivity contribution in [2.24, 2.45) is 0 Å². The molecular weight excluding hydrogens is 304 g/mol. The van der Waals surface area contributed by atoms with Crippen molar-refractivity contribution >= 4 is 12.0 Å². The molecule has 1 unspecified atom stereocenters. The monoisotopic (exact) mass is 322 g/mol. The number of hydrogen-bond donors (Lipinski definition) is 2. The molecule has 24 heavy (non-hydrogen) atoms. The molecule has 2 N–H and O–H groups in total. The Balaban J connectivity index is 2.18. The highest BCUT2D eigenvalue weighted by Crippen LogP contribution is 2.27. The predicted octanol–water partition coefficient (Wildman–Crippen LogP) is 3.19. The summed E-state index contributed by atoms with van der Waals surface area (Å²) in [6, 6.07) is 15.8. The van der Waals surface area contributed by atoms with Crippen LogP contribution in [0.1, 0.15) is 24.1 Å². The van der Waals surface area contributed by atoms with Crippen LogP contribution in [0.4, 0.5) is 0 Å². The first kappa shape index (κ1) is 17.1. The largest absolute Gasteiger partial charge is 0.504 e. The van der Waals surface area contributed by atoms with E-state index in [1.807, 2.05) is 43.3 Å². The van der Waals surface area contributed by atoms with Crippen molar-refractivity contribution < 1.29 is 14.6 Å². The van der Waals surface area contributed by atoms with Gasteiger partial charge in [0.2, 0.25) is 0 Å². The first-order valence-electron chi connectivity index (χ1n) is 7.39. The normalized spacial score (nSPS) is 12.1. The number of phenolic OH excluding ortho intramolecular Hbond substituents is 1. The molecule has 5 heteroatoms. The third-order valence-electron chi connectivity index (χ3n) is 3.53. The molecule has 5 nitrogen and oxygen atoms in total. The fraction of sp³-hybridized carbons (Fsp3) is 0.158. The van der Waals surface area contributed by atoms with Crippen molar-refractivity contribution in [3.63, 3.8) is 0 Å². The third-order valence-corrected chi connectivity index (χ3v) is 3.53. The minimum absolute atomic E-state index is 0.00434. The van der Waals surface area contributed by atoms with Crippen LogP contribution in [0, 0.1) is 11.3 Å². The Morgan fingerprint density at radius 3 is 2.62 bits per heavy atom. The molecule has 0 saturated carbocycles. The lowest BCUT2D eigenvalue weighted by Gasteiger charge is -2.13. The smallest absolute Gasteiger partial charge is 0.262 e. The summed E-state index contributed by atoms with van der Waals surface area (Å²) < 4.78 is 5.02. The Kier molecular flexibility index (Phi) is 5.58. The van der Waals surface area contributed by atoms with E-state index < -0.39 is 5.91 Å². The van der Waals surface area contributed by atoms with Crippen molar-refractivity contribution in [1.29, 1.82) is 5.26 Å². The van der Waals surface area contributed by atoms with Gasteiger partial charge in [0, 0.05) is 0 Å². The molecule has 1 atom stereocenters. The molecule has 0 saturated heterocycles. The van der Waals surface area contributed by atoms with Crippen LogP contribution < -0.4 is 10.1 Å². The number of carbonyl (C=O) groups is 1. The zero-order chi connectivity index (χ0) is 17.5. The second kappa shape index (κ2) is 7.84. The Morgan fingerprint density at radius 1 is 1.29 bits per heavy atom. The van der Waals surface area contributed by atoms with Crippen LogP contribution in [0.3, 0.4) is 0 Å². The van der Waals surface area contributed by atoms with Gasteiger partial charge >= 0.3 is 0 Å². The van der Waals surface area contributed by atoms with Crippen LogP contribution in [0.25, 0.3) is 6.08 Å². The number of ether oxygens (including phenoxy) is 1. The quantitative estimate of drug-likeness (QED) is 0.654. The molecule has 0 fully saturated rings. The standard InChI is InChI=1S/C19H18N2O3/c1-13(15-6-4-3-5-7-15)21-19(23)16(12-20)10-14-8-9-17(22)18(11-14)24-2/h3-11,13,22H,1-2H3,(H,21,23)/b16-10+. The average Bonchev–Trinajstić information content (AvgIpc) is 2.61. The highest BCUT2D eigenvalue weighted by molar-refractivity contribution is 6.01. The number of aromatic hydroxyl groups is 1. The predicted molar refractivity (Wildman–Crippen MR) is 91.2 cm³/mol. The van der Waals surface area contributed by atoms with E-state index in [-0.39, 0.29) is 23.1 Å². The van der Waals surface area contributed by atoms with Crippen molar-refractivity contribution in [2.75, 3.05) is 7.11 Å². The number of rotatable bonds is 5. The fourth-order valence-corrected chi connectivity index (χ4v) is 2.20. The molecule has 0 aliphatic heterocycles. The number of nitrogens with one attached hydrogen (secondary N) is 1. The SMILES string of the molecule is COc1cc(/C=C(\C#N)C(=O)NC(C)c2ccccc2)ccc1O. The minimum atomic E-state index is -0.458. The van der Waals surface area contributed by atoms with Gasteiger partial charge in [0.25, 0.3) is 5.91 Å². The summed E-state index contributed by atoms with van der Waals surface area (Å²) in [6.45, 7) is 1.85. The number of nitriles is 1. The number of carbonyl (C=O) groups excluding carboxylic acids is 1. The van der Waals surface area contributed by atoms with Crippen LogP contribution in [-0.2, 0) is 4.79 Å². The van der Waals surface area contributed by atoms with Gasteiger partial charge in [-0.2, -0.15) is 5.26 Å². The van der Waals surface area contributed by atoms with Gasteiger partial charge in [-0.15, -0.1) is 0 Å². The van der Waals surface area contributed by atoms with Gasteiger partial charge in [0.15, 0.2) is 11.5 Å². The van der Waals surface area contributed by atoms with Gasteiger partial charge in [0.05, 0.1) is 13.2 Å². The second-order valence-electron chi connectivity index (χ2n) is 5.21. The van der Waals surface area contributed by atoms with Gasteiger partial charge in [0.1, 0.15) is 11.6 Å². The Bertz CT molecular complexity index is 792. The fourth-order valence-electron chi connectivity index (χ4n) is 2.20. The van der Waals surface area contributed by atoms with E-state index in [2.05, 4.69) is 5.32 Å². The maximum atomic E-state index is 12.3. The lowest BCUT2D eigenvalue weighted by molar-refractivity contribution is -0.117. The van der Waals surface area contributed by atoms with E-state index in [0.29, 0.717) is 5.56 Å². The summed E-state index contributed by atoms with van der Waals surface area (Å²) in [6.07, 6.45) is 1.45. The number of benzene rings is 2. The molecule has 0 bridgehead atoms. The minimum Gasteiger partial charge on any atom is -0.504 e. The zero-order valence-corrected chi connectivity index (χ0v) is 13.5. The Hall–Kier alpha value is -3.26.